The number of nitrogens with zero attached hydrogens (tertiary/aromatic N) is 1. The summed E-state index contributed by atoms with van der Waals surface area (Å²) in [5, 5.41) is 4.65. The van der Waals surface area contributed by atoms with E-state index >= 15 is 0 Å². The first-order chi connectivity index (χ1) is 10.9. The number of amides is 4. The van der Waals surface area contributed by atoms with Crippen LogP contribution in [0, 0.1) is 5.82 Å². The van der Waals surface area contributed by atoms with Gasteiger partial charge >= 0.3 is 0 Å². The number of carbonyl (C=O) groups excluding carboxylic acids is 4. The van der Waals surface area contributed by atoms with Gasteiger partial charge in [0.1, 0.15) is 11.9 Å². The highest BCUT2D eigenvalue weighted by Gasteiger charge is 2.40. The van der Waals surface area contributed by atoms with Gasteiger partial charge in [0.25, 0.3) is 5.91 Å². The van der Waals surface area contributed by atoms with Crippen LogP contribution in [0.1, 0.15) is 35.7 Å². The highest BCUT2D eigenvalue weighted by atomic mass is 19.1. The molecule has 1 aromatic rings. The van der Waals surface area contributed by atoms with Gasteiger partial charge in [0.2, 0.25) is 17.7 Å². The predicted molar refractivity (Wildman–Crippen MR) is 76.7 cm³/mol. The van der Waals surface area contributed by atoms with Crippen molar-refractivity contribution < 1.29 is 23.6 Å². The van der Waals surface area contributed by atoms with Crippen LogP contribution in [0.2, 0.25) is 0 Å². The van der Waals surface area contributed by atoms with E-state index < -0.39 is 23.7 Å². The van der Waals surface area contributed by atoms with Gasteiger partial charge in [-0.25, -0.2) is 4.39 Å². The Morgan fingerprint density at radius 1 is 1.35 bits per heavy atom. The molecule has 0 bridgehead atoms. The minimum atomic E-state index is -0.795. The summed E-state index contributed by atoms with van der Waals surface area (Å²) in [5.41, 5.74) is 0.568. The quantitative estimate of drug-likeness (QED) is 0.778. The molecule has 1 atom stereocenters. The van der Waals surface area contributed by atoms with E-state index in [9.17, 15) is 23.6 Å². The highest BCUT2D eigenvalue weighted by molar-refractivity contribution is 6.05. The summed E-state index contributed by atoms with van der Waals surface area (Å²) in [5.74, 6) is -2.61. The van der Waals surface area contributed by atoms with E-state index in [1.165, 1.54) is 17.9 Å². The van der Waals surface area contributed by atoms with E-state index in [1.54, 1.807) is 0 Å². The molecule has 1 saturated heterocycles. The lowest BCUT2D eigenvalue weighted by molar-refractivity contribution is -0.137. The van der Waals surface area contributed by atoms with Gasteiger partial charge in [-0.2, -0.15) is 0 Å². The zero-order valence-electron chi connectivity index (χ0n) is 12.3. The Bertz CT molecular complexity index is 746. The molecule has 3 rings (SSSR count). The molecule has 0 aromatic heterocycles. The molecule has 23 heavy (non-hydrogen) atoms. The number of imide groups is 1. The molecule has 7 nitrogen and oxygen atoms in total. The van der Waals surface area contributed by atoms with Crippen LogP contribution >= 0.6 is 0 Å². The molecule has 2 aliphatic rings. The van der Waals surface area contributed by atoms with Crippen LogP contribution in [-0.2, 0) is 20.9 Å². The summed E-state index contributed by atoms with van der Waals surface area (Å²) >= 11 is 0. The Morgan fingerprint density at radius 2 is 2.09 bits per heavy atom. The Hall–Kier alpha value is -2.77. The minimum Gasteiger partial charge on any atom is -0.326 e. The van der Waals surface area contributed by atoms with E-state index in [0.29, 0.717) is 5.56 Å². The summed E-state index contributed by atoms with van der Waals surface area (Å²) in [6.07, 6.45) is 0.348. The van der Waals surface area contributed by atoms with Gasteiger partial charge in [0.05, 0.1) is 5.56 Å². The Labute approximate surface area is 130 Å². The van der Waals surface area contributed by atoms with E-state index in [1.807, 2.05) is 0 Å². The lowest BCUT2D eigenvalue weighted by atomic mass is 10.0. The number of benzene rings is 1. The van der Waals surface area contributed by atoms with E-state index in [0.717, 1.165) is 6.07 Å². The minimum absolute atomic E-state index is 0.0603. The normalized spacial score (nSPS) is 20.3. The molecule has 1 aromatic carbocycles. The molecule has 0 spiro atoms. The number of hydrogen-bond donors (Lipinski definition) is 2. The second-order valence-corrected chi connectivity index (χ2v) is 5.57. The first-order valence-corrected chi connectivity index (χ1v) is 7.11. The number of anilines is 1. The predicted octanol–water partition coefficient (Wildman–Crippen LogP) is 0.545. The second kappa shape index (κ2) is 5.45. The molecule has 4 amide bonds. The summed E-state index contributed by atoms with van der Waals surface area (Å²) in [6, 6.07) is 1.80. The molecule has 2 aliphatic heterocycles. The molecular formula is C15H14FN3O4. The van der Waals surface area contributed by atoms with Crippen molar-refractivity contribution in [3.8, 4) is 0 Å². The zero-order chi connectivity index (χ0) is 16.7. The van der Waals surface area contributed by atoms with Gasteiger partial charge in [0.15, 0.2) is 0 Å². The van der Waals surface area contributed by atoms with E-state index in [2.05, 4.69) is 10.6 Å². The maximum atomic E-state index is 14.2. The van der Waals surface area contributed by atoms with Gasteiger partial charge < -0.3 is 10.2 Å². The molecule has 2 N–H and O–H groups in total. The number of nitrogens with one attached hydrogen (secondary N) is 2. The van der Waals surface area contributed by atoms with Crippen molar-refractivity contribution in [2.75, 3.05) is 5.32 Å². The van der Waals surface area contributed by atoms with Crippen molar-refractivity contribution in [3.05, 3.63) is 29.1 Å². The van der Waals surface area contributed by atoms with Gasteiger partial charge in [-0.05, 0) is 24.1 Å². The van der Waals surface area contributed by atoms with Gasteiger partial charge in [-0.1, -0.05) is 0 Å². The zero-order valence-corrected chi connectivity index (χ0v) is 12.3. The highest BCUT2D eigenvalue weighted by Crippen LogP contribution is 2.31. The lowest BCUT2D eigenvalue weighted by Gasteiger charge is -2.29. The summed E-state index contributed by atoms with van der Waals surface area (Å²) in [4.78, 5) is 47.9. The van der Waals surface area contributed by atoms with Crippen LogP contribution in [0.15, 0.2) is 12.1 Å². The average Bonchev–Trinajstić information content (AvgIpc) is 2.75. The smallest absolute Gasteiger partial charge is 0.258 e. The fourth-order valence-corrected chi connectivity index (χ4v) is 2.93. The molecule has 1 fully saturated rings. The average molecular weight is 319 g/mol. The maximum Gasteiger partial charge on any atom is 0.258 e. The molecule has 0 aliphatic carbocycles. The summed E-state index contributed by atoms with van der Waals surface area (Å²) in [6.45, 7) is 1.36. The second-order valence-electron chi connectivity index (χ2n) is 5.57. The first kappa shape index (κ1) is 15.1. The van der Waals surface area contributed by atoms with Gasteiger partial charge in [0, 0.05) is 25.6 Å². The molecular weight excluding hydrogens is 305 g/mol. The fraction of sp³-hybridized carbons (Fsp3) is 0.333. The third kappa shape index (κ3) is 2.67. The number of halogens is 1. The largest absolute Gasteiger partial charge is 0.326 e. The fourth-order valence-electron chi connectivity index (χ4n) is 2.93. The van der Waals surface area contributed by atoms with Crippen molar-refractivity contribution in [2.45, 2.75) is 32.4 Å². The number of hydrogen-bond acceptors (Lipinski definition) is 4. The third-order valence-electron chi connectivity index (χ3n) is 3.89. The number of carbonyl (C=O) groups is 4. The van der Waals surface area contributed by atoms with Crippen LogP contribution in [0.25, 0.3) is 0 Å². The van der Waals surface area contributed by atoms with Gasteiger partial charge in [-0.15, -0.1) is 0 Å². The molecule has 0 radical (unpaired) electrons. The van der Waals surface area contributed by atoms with Crippen LogP contribution in [0.4, 0.5) is 10.1 Å². The molecule has 120 valence electrons. The van der Waals surface area contributed by atoms with Crippen molar-refractivity contribution >= 4 is 29.3 Å². The van der Waals surface area contributed by atoms with Crippen molar-refractivity contribution in [1.82, 2.24) is 10.2 Å². The van der Waals surface area contributed by atoms with Crippen LogP contribution < -0.4 is 10.6 Å². The topological polar surface area (TPSA) is 95.6 Å². The number of piperidine rings is 1. The standard InChI is InChI=1S/C15H14FN3O4/c1-7(20)17-9-4-8-6-19(15(23)13(8)10(16)5-9)11-2-3-12(21)18-14(11)22/h4-5,11H,2-3,6H2,1H3,(H,17,20)(H,18,21,22). The van der Waals surface area contributed by atoms with Crippen molar-refractivity contribution in [3.63, 3.8) is 0 Å². The first-order valence-electron chi connectivity index (χ1n) is 7.11. The van der Waals surface area contributed by atoms with Crippen molar-refractivity contribution in [1.29, 1.82) is 0 Å². The maximum absolute atomic E-state index is 14.2. The van der Waals surface area contributed by atoms with Crippen LogP contribution in [0.3, 0.4) is 0 Å². The number of rotatable bonds is 2. The van der Waals surface area contributed by atoms with E-state index in [4.69, 9.17) is 0 Å². The van der Waals surface area contributed by atoms with Gasteiger partial charge in [-0.3, -0.25) is 24.5 Å². The Kier molecular flexibility index (Phi) is 3.59. The monoisotopic (exact) mass is 319 g/mol. The Morgan fingerprint density at radius 3 is 2.74 bits per heavy atom. The summed E-state index contributed by atoms with van der Waals surface area (Å²) < 4.78 is 14.2. The Balaban J connectivity index is 1.89. The van der Waals surface area contributed by atoms with Crippen LogP contribution in [0.5, 0.6) is 0 Å². The molecule has 0 saturated carbocycles. The SMILES string of the molecule is CC(=O)Nc1cc(F)c2c(c1)CN(C1CCC(=O)NC1=O)C2=O. The van der Waals surface area contributed by atoms with Crippen molar-refractivity contribution in [2.24, 2.45) is 0 Å². The van der Waals surface area contributed by atoms with E-state index in [-0.39, 0.29) is 42.5 Å². The lowest BCUT2D eigenvalue weighted by Crippen LogP contribution is -2.52. The van der Waals surface area contributed by atoms with Crippen LogP contribution in [-0.4, -0.2) is 34.6 Å². The summed E-state index contributed by atoms with van der Waals surface area (Å²) in [7, 11) is 0. The molecule has 2 heterocycles. The number of fused-ring (bicyclic) bond motifs is 1. The molecule has 8 heteroatoms. The third-order valence-corrected chi connectivity index (χ3v) is 3.89. The molecule has 1 unspecified atom stereocenters.